The summed E-state index contributed by atoms with van der Waals surface area (Å²) in [5.41, 5.74) is 0. The Hall–Kier alpha value is 0.290. The van der Waals surface area contributed by atoms with E-state index in [1.807, 2.05) is 0 Å². The number of hydrogen-bond acceptors (Lipinski definition) is 0. The molecule has 0 radical (unpaired) electrons. The summed E-state index contributed by atoms with van der Waals surface area (Å²) in [6.45, 7) is 13.3. The van der Waals surface area contributed by atoms with Crippen molar-refractivity contribution in [1.82, 2.24) is 0 Å². The fraction of sp³-hybridized carbons (Fsp3) is 1.00. The predicted molar refractivity (Wildman–Crippen MR) is 57.7 cm³/mol. The van der Waals surface area contributed by atoms with Gasteiger partial charge in [0.15, 0.2) is 0 Å². The normalized spacial score (nSPS) is 18.0. The molecule has 0 heterocycles. The van der Waals surface area contributed by atoms with Gasteiger partial charge in [-0.1, -0.05) is 27.7 Å². The van der Waals surface area contributed by atoms with Gasteiger partial charge in [-0.05, 0) is 38.0 Å². The average Bonchev–Trinajstić information content (AvgIpc) is 1.82. The molecule has 0 aromatic carbocycles. The van der Waals surface area contributed by atoms with E-state index in [4.69, 9.17) is 11.6 Å². The molecule has 12 heavy (non-hydrogen) atoms. The molecule has 2 atom stereocenters. The van der Waals surface area contributed by atoms with Crippen LogP contribution in [0.1, 0.15) is 48.0 Å². The molecule has 2 unspecified atom stereocenters. The van der Waals surface area contributed by atoms with Crippen molar-refractivity contribution >= 4 is 11.6 Å². The molecule has 0 rings (SSSR count). The van der Waals surface area contributed by atoms with Gasteiger partial charge in [-0.3, -0.25) is 0 Å². The lowest BCUT2D eigenvalue weighted by atomic mass is 9.81. The fourth-order valence-corrected chi connectivity index (χ4v) is 1.84. The summed E-state index contributed by atoms with van der Waals surface area (Å²) in [6, 6.07) is 0. The Bertz CT molecular complexity index is 121. The second-order valence-corrected chi connectivity index (χ2v) is 5.93. The predicted octanol–water partition coefficient (Wildman–Crippen LogP) is 4.32. The minimum absolute atomic E-state index is 0.0612. The van der Waals surface area contributed by atoms with Gasteiger partial charge in [-0.25, -0.2) is 0 Å². The van der Waals surface area contributed by atoms with Crippen LogP contribution in [0.15, 0.2) is 0 Å². The molecular weight excluding hydrogens is 168 g/mol. The van der Waals surface area contributed by atoms with Crippen molar-refractivity contribution in [3.63, 3.8) is 0 Å². The highest BCUT2D eigenvalue weighted by atomic mass is 35.5. The summed E-state index contributed by atoms with van der Waals surface area (Å²) < 4.78 is 0. The Kier molecular flexibility index (Phi) is 4.61. The van der Waals surface area contributed by atoms with Gasteiger partial charge in [0.25, 0.3) is 0 Å². The first-order valence-corrected chi connectivity index (χ1v) is 5.31. The topological polar surface area (TPSA) is 0 Å². The number of rotatable bonds is 4. The number of alkyl halides is 1. The lowest BCUT2D eigenvalue weighted by Gasteiger charge is -2.31. The fourth-order valence-electron chi connectivity index (χ4n) is 1.62. The Morgan fingerprint density at radius 3 is 1.75 bits per heavy atom. The van der Waals surface area contributed by atoms with Crippen molar-refractivity contribution in [3.8, 4) is 0 Å². The van der Waals surface area contributed by atoms with Gasteiger partial charge < -0.3 is 0 Å². The largest absolute Gasteiger partial charge is 0.120 e. The minimum atomic E-state index is -0.0612. The summed E-state index contributed by atoms with van der Waals surface area (Å²) in [7, 11) is 0. The number of hydrogen-bond donors (Lipinski definition) is 0. The zero-order chi connectivity index (χ0) is 9.94. The summed E-state index contributed by atoms with van der Waals surface area (Å²) in [6.07, 6.45) is 1.28. The van der Waals surface area contributed by atoms with Gasteiger partial charge in [0.1, 0.15) is 0 Å². The molecule has 0 fully saturated rings. The first kappa shape index (κ1) is 12.3. The molecule has 0 aromatic heterocycles. The second-order valence-electron chi connectivity index (χ2n) is 4.96. The minimum Gasteiger partial charge on any atom is -0.120 e. The molecule has 0 bridgehead atoms. The molecule has 0 nitrogen and oxygen atoms in total. The maximum Gasteiger partial charge on any atom is 0.0418 e. The third kappa shape index (κ3) is 4.35. The highest BCUT2D eigenvalue weighted by Crippen LogP contribution is 2.33. The van der Waals surface area contributed by atoms with Crippen LogP contribution in [-0.2, 0) is 0 Å². The van der Waals surface area contributed by atoms with E-state index in [0.717, 1.165) is 11.8 Å². The van der Waals surface area contributed by atoms with E-state index in [2.05, 4.69) is 41.5 Å². The molecule has 0 aromatic rings. The summed E-state index contributed by atoms with van der Waals surface area (Å²) in [5.74, 6) is 2.08. The molecule has 0 amide bonds. The van der Waals surface area contributed by atoms with Crippen LogP contribution >= 0.6 is 11.6 Å². The zero-order valence-electron chi connectivity index (χ0n) is 9.32. The summed E-state index contributed by atoms with van der Waals surface area (Å²) in [4.78, 5) is -0.0612. The molecular formula is C11H23Cl. The summed E-state index contributed by atoms with van der Waals surface area (Å²) >= 11 is 6.26. The molecule has 0 saturated heterocycles. The first-order valence-electron chi connectivity index (χ1n) is 4.94. The quantitative estimate of drug-likeness (QED) is 0.580. The van der Waals surface area contributed by atoms with Crippen molar-refractivity contribution < 1.29 is 0 Å². The smallest absolute Gasteiger partial charge is 0.0418 e. The van der Waals surface area contributed by atoms with Crippen LogP contribution in [0.4, 0.5) is 0 Å². The van der Waals surface area contributed by atoms with Crippen LogP contribution in [0.25, 0.3) is 0 Å². The van der Waals surface area contributed by atoms with E-state index in [1.54, 1.807) is 0 Å². The highest BCUT2D eigenvalue weighted by Gasteiger charge is 2.27. The standard InChI is InChI=1S/C11H23Cl/c1-8(2)7-9(3)10(4)11(5,6)12/h8-10H,7H2,1-6H3. The maximum absolute atomic E-state index is 6.26. The average molecular weight is 191 g/mol. The van der Waals surface area contributed by atoms with Crippen LogP contribution < -0.4 is 0 Å². The van der Waals surface area contributed by atoms with Gasteiger partial charge >= 0.3 is 0 Å². The lowest BCUT2D eigenvalue weighted by molar-refractivity contribution is 0.275. The van der Waals surface area contributed by atoms with E-state index >= 15 is 0 Å². The van der Waals surface area contributed by atoms with E-state index < -0.39 is 0 Å². The molecule has 0 N–H and O–H groups in total. The molecule has 0 spiro atoms. The van der Waals surface area contributed by atoms with Gasteiger partial charge in [0, 0.05) is 4.87 Å². The van der Waals surface area contributed by atoms with Crippen molar-refractivity contribution in [3.05, 3.63) is 0 Å². The van der Waals surface area contributed by atoms with E-state index in [9.17, 15) is 0 Å². The molecule has 0 saturated carbocycles. The van der Waals surface area contributed by atoms with Crippen LogP contribution in [0, 0.1) is 17.8 Å². The van der Waals surface area contributed by atoms with Gasteiger partial charge in [-0.15, -0.1) is 11.6 Å². The molecule has 0 aliphatic rings. The second kappa shape index (κ2) is 4.50. The number of halogens is 1. The van der Waals surface area contributed by atoms with Crippen molar-refractivity contribution in [2.24, 2.45) is 17.8 Å². The Labute approximate surface area is 82.7 Å². The third-order valence-electron chi connectivity index (χ3n) is 2.78. The van der Waals surface area contributed by atoms with Crippen molar-refractivity contribution in [1.29, 1.82) is 0 Å². The Balaban J connectivity index is 4.01. The monoisotopic (exact) mass is 190 g/mol. The molecule has 74 valence electrons. The van der Waals surface area contributed by atoms with Crippen LogP contribution in [0.3, 0.4) is 0 Å². The van der Waals surface area contributed by atoms with Crippen LogP contribution in [0.2, 0.25) is 0 Å². The van der Waals surface area contributed by atoms with E-state index in [1.165, 1.54) is 6.42 Å². The Morgan fingerprint density at radius 1 is 1.08 bits per heavy atom. The summed E-state index contributed by atoms with van der Waals surface area (Å²) in [5, 5.41) is 0. The molecule has 0 aliphatic carbocycles. The lowest BCUT2D eigenvalue weighted by Crippen LogP contribution is -2.28. The van der Waals surface area contributed by atoms with Gasteiger partial charge in [-0.2, -0.15) is 0 Å². The van der Waals surface area contributed by atoms with Gasteiger partial charge in [0.05, 0.1) is 0 Å². The van der Waals surface area contributed by atoms with Crippen molar-refractivity contribution in [2.45, 2.75) is 52.8 Å². The van der Waals surface area contributed by atoms with Crippen molar-refractivity contribution in [2.75, 3.05) is 0 Å². The molecule has 0 aliphatic heterocycles. The first-order chi connectivity index (χ1) is 5.25. The third-order valence-corrected chi connectivity index (χ3v) is 3.12. The van der Waals surface area contributed by atoms with Crippen LogP contribution in [-0.4, -0.2) is 4.87 Å². The van der Waals surface area contributed by atoms with E-state index in [-0.39, 0.29) is 4.87 Å². The molecule has 1 heteroatoms. The Morgan fingerprint density at radius 2 is 1.50 bits per heavy atom. The zero-order valence-corrected chi connectivity index (χ0v) is 10.1. The SMILES string of the molecule is CC(C)CC(C)C(C)C(C)(C)Cl. The van der Waals surface area contributed by atoms with Gasteiger partial charge in [0.2, 0.25) is 0 Å². The van der Waals surface area contributed by atoms with E-state index in [0.29, 0.717) is 5.92 Å². The maximum atomic E-state index is 6.26. The van der Waals surface area contributed by atoms with Crippen LogP contribution in [0.5, 0.6) is 0 Å². The highest BCUT2D eigenvalue weighted by molar-refractivity contribution is 6.23.